The Morgan fingerprint density at radius 3 is 1.21 bits per heavy atom. The van der Waals surface area contributed by atoms with E-state index in [1.807, 2.05) is 0 Å². The summed E-state index contributed by atoms with van der Waals surface area (Å²) in [7, 11) is 0. The van der Waals surface area contributed by atoms with Gasteiger partial charge in [-0.2, -0.15) is 0 Å². The lowest BCUT2D eigenvalue weighted by Crippen LogP contribution is -3.00. The van der Waals surface area contributed by atoms with Crippen LogP contribution in [0.4, 0.5) is 0 Å². The van der Waals surface area contributed by atoms with Crippen LogP contribution in [0.25, 0.3) is 0 Å². The van der Waals surface area contributed by atoms with Crippen LogP contribution in [0.1, 0.15) is 39.5 Å². The van der Waals surface area contributed by atoms with Crippen molar-refractivity contribution >= 4 is 0 Å². The first kappa shape index (κ1) is 24.8. The Morgan fingerprint density at radius 1 is 0.583 bits per heavy atom. The molecule has 0 aliphatic carbocycles. The van der Waals surface area contributed by atoms with Gasteiger partial charge in [0, 0.05) is 25.7 Å². The number of quaternary nitrogens is 2. The third-order valence-corrected chi connectivity index (χ3v) is 6.16. The Labute approximate surface area is 170 Å². The zero-order valence-electron chi connectivity index (χ0n) is 15.8. The molecule has 4 nitrogen and oxygen atoms in total. The van der Waals surface area contributed by atoms with Crippen LogP contribution < -0.4 is 34.0 Å². The molecule has 6 heteroatoms. The predicted molar refractivity (Wildman–Crippen MR) is 90.9 cm³/mol. The van der Waals surface area contributed by atoms with Gasteiger partial charge in [0.1, 0.15) is 13.1 Å². The molecule has 0 amide bonds. The summed E-state index contributed by atoms with van der Waals surface area (Å²) >= 11 is 0. The first-order valence-corrected chi connectivity index (χ1v) is 9.60. The van der Waals surface area contributed by atoms with E-state index in [1.54, 1.807) is 0 Å². The number of likely N-dealkylation sites (N-methyl/N-ethyl adjacent to an activating group) is 2. The summed E-state index contributed by atoms with van der Waals surface area (Å²) in [4.78, 5) is 0. The maximum absolute atomic E-state index is 5.80. The van der Waals surface area contributed by atoms with Crippen molar-refractivity contribution in [3.63, 3.8) is 0 Å². The standard InChI is InChI=1S/C18H38N2O2.2BrH/c1-3-19(9-5-6-10-19)13-15-21-17-18-22-16-14-20(4-2)11-7-8-12-20;;/h3-18H2,1-2H3;2*1H/q+2;;/p-2. The largest absolute Gasteiger partial charge is 1.00 e. The molecule has 0 spiro atoms. The summed E-state index contributed by atoms with van der Waals surface area (Å²) in [5, 5.41) is 0. The van der Waals surface area contributed by atoms with Gasteiger partial charge in [0.05, 0.1) is 65.7 Å². The lowest BCUT2D eigenvalue weighted by molar-refractivity contribution is -0.915. The summed E-state index contributed by atoms with van der Waals surface area (Å²) in [5.74, 6) is 0. The molecule has 24 heavy (non-hydrogen) atoms. The molecule has 0 saturated carbocycles. The SMILES string of the molecule is CC[N+]1(CCOCCOCC[N+]2(CC)CCCC2)CCCC1.[Br-].[Br-]. The van der Waals surface area contributed by atoms with Gasteiger partial charge >= 0.3 is 0 Å². The van der Waals surface area contributed by atoms with Crippen LogP contribution in [0.3, 0.4) is 0 Å². The number of halogens is 2. The van der Waals surface area contributed by atoms with E-state index in [9.17, 15) is 0 Å². The van der Waals surface area contributed by atoms with Gasteiger partial charge < -0.3 is 52.4 Å². The van der Waals surface area contributed by atoms with Gasteiger partial charge in [0.2, 0.25) is 0 Å². The zero-order valence-corrected chi connectivity index (χ0v) is 19.0. The van der Waals surface area contributed by atoms with Crippen molar-refractivity contribution in [2.75, 3.05) is 78.8 Å². The lowest BCUT2D eigenvalue weighted by Gasteiger charge is -2.33. The van der Waals surface area contributed by atoms with Crippen molar-refractivity contribution in [2.24, 2.45) is 0 Å². The molecule has 0 aromatic carbocycles. The van der Waals surface area contributed by atoms with Gasteiger partial charge in [-0.05, 0) is 13.8 Å². The Hall–Kier alpha value is 0.800. The minimum atomic E-state index is 0. The van der Waals surface area contributed by atoms with Gasteiger partial charge in [-0.15, -0.1) is 0 Å². The first-order valence-electron chi connectivity index (χ1n) is 9.60. The Balaban J connectivity index is 0.00000264. The topological polar surface area (TPSA) is 18.5 Å². The normalized spacial score (nSPS) is 21.2. The van der Waals surface area contributed by atoms with E-state index in [1.165, 1.54) is 87.0 Å². The van der Waals surface area contributed by atoms with Crippen molar-refractivity contribution in [3.05, 3.63) is 0 Å². The van der Waals surface area contributed by atoms with Crippen molar-refractivity contribution in [2.45, 2.75) is 39.5 Å². The molecule has 2 fully saturated rings. The fourth-order valence-electron chi connectivity index (χ4n) is 4.25. The summed E-state index contributed by atoms with van der Waals surface area (Å²) < 4.78 is 14.2. The molecular weight excluding hydrogens is 436 g/mol. The predicted octanol–water partition coefficient (Wildman–Crippen LogP) is -3.71. The third kappa shape index (κ3) is 7.58. The molecule has 0 bridgehead atoms. The molecule has 146 valence electrons. The van der Waals surface area contributed by atoms with E-state index in [0.29, 0.717) is 0 Å². The van der Waals surface area contributed by atoms with Crippen LogP contribution in [0, 0.1) is 0 Å². The van der Waals surface area contributed by atoms with Gasteiger partial charge in [0.15, 0.2) is 0 Å². The van der Waals surface area contributed by atoms with Crippen LogP contribution in [0.2, 0.25) is 0 Å². The number of hydrogen-bond acceptors (Lipinski definition) is 2. The van der Waals surface area contributed by atoms with Crippen molar-refractivity contribution in [1.82, 2.24) is 0 Å². The van der Waals surface area contributed by atoms with Crippen LogP contribution in [-0.4, -0.2) is 87.8 Å². The second kappa shape index (κ2) is 13.0. The molecule has 2 rings (SSSR count). The summed E-state index contributed by atoms with van der Waals surface area (Å²) in [6.07, 6.45) is 5.59. The molecule has 0 radical (unpaired) electrons. The van der Waals surface area contributed by atoms with Gasteiger partial charge in [0.25, 0.3) is 0 Å². The number of nitrogens with zero attached hydrogens (tertiary/aromatic N) is 2. The maximum Gasteiger partial charge on any atom is 0.102 e. The van der Waals surface area contributed by atoms with E-state index in [2.05, 4.69) is 13.8 Å². The third-order valence-electron chi connectivity index (χ3n) is 6.16. The minimum absolute atomic E-state index is 0. The molecule has 0 aromatic rings. The molecule has 0 aromatic heterocycles. The fraction of sp³-hybridized carbons (Fsp3) is 1.00. The Morgan fingerprint density at radius 2 is 0.917 bits per heavy atom. The van der Waals surface area contributed by atoms with E-state index >= 15 is 0 Å². The molecule has 2 saturated heterocycles. The Kier molecular flexibility index (Phi) is 13.5. The average Bonchev–Trinajstić information content (AvgIpc) is 3.20. The van der Waals surface area contributed by atoms with Crippen molar-refractivity contribution in [1.29, 1.82) is 0 Å². The average molecular weight is 474 g/mol. The lowest BCUT2D eigenvalue weighted by atomic mass is 10.4. The van der Waals surface area contributed by atoms with Crippen LogP contribution in [0.5, 0.6) is 0 Å². The number of hydrogen-bond donors (Lipinski definition) is 0. The fourth-order valence-corrected chi connectivity index (χ4v) is 4.25. The van der Waals surface area contributed by atoms with E-state index in [-0.39, 0.29) is 34.0 Å². The van der Waals surface area contributed by atoms with E-state index < -0.39 is 0 Å². The van der Waals surface area contributed by atoms with Crippen LogP contribution >= 0.6 is 0 Å². The maximum atomic E-state index is 5.80. The Bertz CT molecular complexity index is 277. The highest BCUT2D eigenvalue weighted by atomic mass is 79.9. The summed E-state index contributed by atoms with van der Waals surface area (Å²) in [5.41, 5.74) is 0. The highest BCUT2D eigenvalue weighted by Gasteiger charge is 2.30. The smallest absolute Gasteiger partial charge is 0.102 e. The molecule has 0 unspecified atom stereocenters. The quantitative estimate of drug-likeness (QED) is 0.227. The highest BCUT2D eigenvalue weighted by Crippen LogP contribution is 2.19. The highest BCUT2D eigenvalue weighted by molar-refractivity contribution is 4.54. The first-order chi connectivity index (χ1) is 10.7. The van der Waals surface area contributed by atoms with Gasteiger partial charge in [-0.25, -0.2) is 0 Å². The van der Waals surface area contributed by atoms with Crippen LogP contribution in [0.15, 0.2) is 0 Å². The number of likely N-dealkylation sites (tertiary alicyclic amines) is 2. The minimum Gasteiger partial charge on any atom is -1.00 e. The van der Waals surface area contributed by atoms with Gasteiger partial charge in [-0.1, -0.05) is 0 Å². The van der Waals surface area contributed by atoms with Crippen molar-refractivity contribution in [3.8, 4) is 0 Å². The second-order valence-electron chi connectivity index (χ2n) is 7.30. The monoisotopic (exact) mass is 472 g/mol. The van der Waals surface area contributed by atoms with E-state index in [4.69, 9.17) is 9.47 Å². The van der Waals surface area contributed by atoms with Crippen molar-refractivity contribution < 1.29 is 52.4 Å². The summed E-state index contributed by atoms with van der Waals surface area (Å²) in [6, 6.07) is 0. The molecule has 2 heterocycles. The molecule has 0 N–H and O–H groups in total. The second-order valence-corrected chi connectivity index (χ2v) is 7.30. The molecular formula is C18H38Br2N2O2. The number of rotatable bonds is 11. The summed E-state index contributed by atoms with van der Waals surface area (Å²) in [6.45, 7) is 18.3. The molecule has 0 atom stereocenters. The molecule has 2 aliphatic rings. The van der Waals surface area contributed by atoms with Crippen LogP contribution in [-0.2, 0) is 9.47 Å². The number of ether oxygens (including phenoxy) is 2. The van der Waals surface area contributed by atoms with Gasteiger partial charge in [-0.3, -0.25) is 0 Å². The zero-order chi connectivity index (χ0) is 15.7. The van der Waals surface area contributed by atoms with E-state index in [0.717, 1.165) is 26.4 Å². The molecule has 2 aliphatic heterocycles.